The van der Waals surface area contributed by atoms with Crippen molar-refractivity contribution in [1.82, 2.24) is 0 Å². The number of rotatable bonds is 16. The van der Waals surface area contributed by atoms with Gasteiger partial charge in [0.15, 0.2) is 0 Å². The van der Waals surface area contributed by atoms with Crippen LogP contribution in [-0.4, -0.2) is 29.9 Å². The molecule has 0 spiro atoms. The summed E-state index contributed by atoms with van der Waals surface area (Å²) in [6, 6.07) is 0. The molecule has 0 aromatic carbocycles. The van der Waals surface area contributed by atoms with Gasteiger partial charge in [-0.2, -0.15) is 8.42 Å². The summed E-state index contributed by atoms with van der Waals surface area (Å²) in [5.41, 5.74) is 0. The smallest absolute Gasteiger partial charge is 0.267 e. The minimum atomic E-state index is -3.96. The van der Waals surface area contributed by atoms with Gasteiger partial charge in [0.25, 0.3) is 10.1 Å². The van der Waals surface area contributed by atoms with Crippen molar-refractivity contribution in [2.24, 2.45) is 0 Å². The summed E-state index contributed by atoms with van der Waals surface area (Å²) in [5.74, 6) is 0. The van der Waals surface area contributed by atoms with Crippen molar-refractivity contribution in [1.29, 1.82) is 0 Å². The molecule has 4 nitrogen and oxygen atoms in total. The Morgan fingerprint density at radius 2 is 1.14 bits per heavy atom. The van der Waals surface area contributed by atoms with E-state index in [0.29, 0.717) is 19.3 Å². The third kappa shape index (κ3) is 13.5. The molecule has 134 valence electrons. The first-order valence-corrected chi connectivity index (χ1v) is 10.6. The lowest BCUT2D eigenvalue weighted by molar-refractivity contribution is 0.281. The molecule has 0 heterocycles. The molecule has 0 saturated heterocycles. The molecule has 22 heavy (non-hydrogen) atoms. The van der Waals surface area contributed by atoms with Crippen molar-refractivity contribution in [3.8, 4) is 0 Å². The molecule has 0 aliphatic rings. The van der Waals surface area contributed by atoms with Crippen molar-refractivity contribution >= 4 is 10.1 Å². The maximum Gasteiger partial charge on any atom is 0.267 e. The average Bonchev–Trinajstić information content (AvgIpc) is 2.46. The van der Waals surface area contributed by atoms with Gasteiger partial charge < -0.3 is 5.11 Å². The molecular weight excluding hydrogens is 300 g/mol. The predicted molar refractivity (Wildman–Crippen MR) is 92.7 cm³/mol. The van der Waals surface area contributed by atoms with Gasteiger partial charge in [0, 0.05) is 6.61 Å². The fraction of sp³-hybridized carbons (Fsp3) is 1.00. The van der Waals surface area contributed by atoms with Crippen LogP contribution in [0.4, 0.5) is 0 Å². The Bertz CT molecular complexity index is 328. The lowest BCUT2D eigenvalue weighted by Crippen LogP contribution is -2.20. The summed E-state index contributed by atoms with van der Waals surface area (Å²) in [6.07, 6.45) is 14.8. The summed E-state index contributed by atoms with van der Waals surface area (Å²) in [6.45, 7) is 2.21. The zero-order valence-corrected chi connectivity index (χ0v) is 15.1. The zero-order chi connectivity index (χ0) is 16.7. The molecule has 0 fully saturated rings. The van der Waals surface area contributed by atoms with Gasteiger partial charge in [-0.1, -0.05) is 77.6 Å². The molecule has 0 aromatic rings. The molecule has 2 N–H and O–H groups in total. The summed E-state index contributed by atoms with van der Waals surface area (Å²) in [7, 11) is -3.96. The third-order valence-electron chi connectivity index (χ3n) is 4.24. The molecule has 0 amide bonds. The van der Waals surface area contributed by atoms with Gasteiger partial charge in [0.05, 0.1) is 5.25 Å². The first-order valence-electron chi connectivity index (χ1n) is 9.09. The minimum absolute atomic E-state index is 0.0235. The monoisotopic (exact) mass is 336 g/mol. The molecule has 0 bridgehead atoms. The van der Waals surface area contributed by atoms with Gasteiger partial charge in [-0.25, -0.2) is 0 Å². The van der Waals surface area contributed by atoms with Gasteiger partial charge in [0.2, 0.25) is 0 Å². The lowest BCUT2D eigenvalue weighted by Gasteiger charge is -2.12. The number of hydrogen-bond acceptors (Lipinski definition) is 3. The second-order valence-electron chi connectivity index (χ2n) is 6.33. The van der Waals surface area contributed by atoms with Crippen LogP contribution in [0, 0.1) is 0 Å². The van der Waals surface area contributed by atoms with E-state index in [0.717, 1.165) is 19.3 Å². The third-order valence-corrected chi connectivity index (χ3v) is 5.55. The van der Waals surface area contributed by atoms with Crippen LogP contribution in [0.25, 0.3) is 0 Å². The van der Waals surface area contributed by atoms with E-state index in [2.05, 4.69) is 6.92 Å². The summed E-state index contributed by atoms with van der Waals surface area (Å²) in [4.78, 5) is 0. The number of aliphatic hydroxyl groups is 1. The highest BCUT2D eigenvalue weighted by molar-refractivity contribution is 7.86. The minimum Gasteiger partial charge on any atom is -0.396 e. The van der Waals surface area contributed by atoms with E-state index in [4.69, 9.17) is 9.66 Å². The molecule has 0 aromatic heterocycles. The number of hydrogen-bond donors (Lipinski definition) is 2. The van der Waals surface area contributed by atoms with E-state index in [9.17, 15) is 8.42 Å². The first kappa shape index (κ1) is 21.9. The highest BCUT2D eigenvalue weighted by Gasteiger charge is 2.21. The predicted octanol–water partition coefficient (Wildman–Crippen LogP) is 4.72. The Labute approximate surface area is 137 Å². The Hall–Kier alpha value is -0.130. The largest absolute Gasteiger partial charge is 0.396 e. The topological polar surface area (TPSA) is 74.6 Å². The van der Waals surface area contributed by atoms with Crippen LogP contribution in [0.2, 0.25) is 0 Å². The van der Waals surface area contributed by atoms with Crippen LogP contribution in [0.3, 0.4) is 0 Å². The average molecular weight is 337 g/mol. The zero-order valence-electron chi connectivity index (χ0n) is 14.3. The van der Waals surface area contributed by atoms with Crippen molar-refractivity contribution in [3.05, 3.63) is 0 Å². The van der Waals surface area contributed by atoms with Crippen LogP contribution < -0.4 is 0 Å². The number of unbranched alkanes of at least 4 members (excludes halogenated alkanes) is 10. The maximum absolute atomic E-state index is 11.2. The van der Waals surface area contributed by atoms with Gasteiger partial charge in [-0.15, -0.1) is 0 Å². The highest BCUT2D eigenvalue weighted by Crippen LogP contribution is 2.17. The van der Waals surface area contributed by atoms with Crippen molar-refractivity contribution < 1.29 is 18.1 Å². The summed E-state index contributed by atoms with van der Waals surface area (Å²) < 4.78 is 31.6. The summed E-state index contributed by atoms with van der Waals surface area (Å²) >= 11 is 0. The highest BCUT2D eigenvalue weighted by atomic mass is 32.2. The molecule has 1 atom stereocenters. The van der Waals surface area contributed by atoms with E-state index in [-0.39, 0.29) is 6.61 Å². The van der Waals surface area contributed by atoms with Crippen molar-refractivity contribution in [2.75, 3.05) is 6.61 Å². The fourth-order valence-electron chi connectivity index (χ4n) is 2.80. The molecule has 1 unspecified atom stereocenters. The van der Waals surface area contributed by atoms with E-state index in [1.54, 1.807) is 0 Å². The van der Waals surface area contributed by atoms with E-state index < -0.39 is 15.4 Å². The first-order chi connectivity index (χ1) is 10.5. The molecule has 0 aliphatic heterocycles. The Morgan fingerprint density at radius 3 is 1.55 bits per heavy atom. The van der Waals surface area contributed by atoms with Crippen LogP contribution in [-0.2, 0) is 10.1 Å². The van der Waals surface area contributed by atoms with Gasteiger partial charge in [0.1, 0.15) is 0 Å². The summed E-state index contributed by atoms with van der Waals surface area (Å²) in [5, 5.41) is 8.07. The van der Waals surface area contributed by atoms with E-state index in [1.165, 1.54) is 51.4 Å². The van der Waals surface area contributed by atoms with Gasteiger partial charge in [-0.3, -0.25) is 4.55 Å². The van der Waals surface area contributed by atoms with Crippen molar-refractivity contribution in [2.45, 2.75) is 102 Å². The lowest BCUT2D eigenvalue weighted by atomic mass is 10.0. The Morgan fingerprint density at radius 1 is 0.727 bits per heavy atom. The SMILES string of the molecule is CCCCCCCCCCCCCC(CCCO)S(=O)(=O)O. The number of aliphatic hydroxyl groups excluding tert-OH is 1. The molecule has 0 radical (unpaired) electrons. The second-order valence-corrected chi connectivity index (χ2v) is 8.02. The quantitative estimate of drug-likeness (QED) is 0.316. The standard InChI is InChI=1S/C17H36O4S/c1-2-3-4-5-6-7-8-9-10-11-12-14-17(15-13-16-18)22(19,20)21/h17-18H,2-16H2,1H3,(H,19,20,21). The van der Waals surface area contributed by atoms with Crippen LogP contribution in [0.1, 0.15) is 96.8 Å². The van der Waals surface area contributed by atoms with Crippen LogP contribution in [0.5, 0.6) is 0 Å². The normalized spacial score (nSPS) is 13.4. The van der Waals surface area contributed by atoms with Gasteiger partial charge in [-0.05, 0) is 19.3 Å². The molecule has 0 rings (SSSR count). The van der Waals surface area contributed by atoms with Crippen molar-refractivity contribution in [3.63, 3.8) is 0 Å². The fourth-order valence-corrected chi connectivity index (χ4v) is 3.73. The molecular formula is C17H36O4S. The molecule has 0 aliphatic carbocycles. The Kier molecular flexibility index (Phi) is 14.4. The van der Waals surface area contributed by atoms with Crippen LogP contribution >= 0.6 is 0 Å². The Balaban J connectivity index is 3.50. The van der Waals surface area contributed by atoms with Gasteiger partial charge >= 0.3 is 0 Å². The maximum atomic E-state index is 11.2. The van der Waals surface area contributed by atoms with Crippen LogP contribution in [0.15, 0.2) is 0 Å². The molecule has 0 saturated carbocycles. The second kappa shape index (κ2) is 14.5. The molecule has 5 heteroatoms. The van der Waals surface area contributed by atoms with E-state index >= 15 is 0 Å². The van der Waals surface area contributed by atoms with E-state index in [1.807, 2.05) is 0 Å².